The second-order valence-corrected chi connectivity index (χ2v) is 6.16. The van der Waals surface area contributed by atoms with Gasteiger partial charge in [-0.25, -0.2) is 0 Å². The lowest BCUT2D eigenvalue weighted by atomic mass is 9.94. The fourth-order valence-electron chi connectivity index (χ4n) is 1.79. The molecule has 0 fully saturated rings. The minimum absolute atomic E-state index is 0.209. The summed E-state index contributed by atoms with van der Waals surface area (Å²) in [6, 6.07) is 8.14. The molecule has 0 atom stereocenters. The average Bonchev–Trinajstić information content (AvgIpc) is 2.26. The van der Waals surface area contributed by atoms with E-state index in [9.17, 15) is 4.79 Å². The zero-order chi connectivity index (χ0) is 11.8. The number of anilines is 1. The van der Waals surface area contributed by atoms with Crippen LogP contribution in [0.25, 0.3) is 0 Å². The second-order valence-electron chi connectivity index (χ2n) is 5.02. The summed E-state index contributed by atoms with van der Waals surface area (Å²) in [5.41, 5.74) is 0.758. The van der Waals surface area contributed by atoms with Gasteiger partial charge in [0.15, 0.2) is 0 Å². The van der Waals surface area contributed by atoms with Gasteiger partial charge in [0.1, 0.15) is 0 Å². The second kappa shape index (κ2) is 4.13. The molecule has 0 N–H and O–H groups in total. The first kappa shape index (κ1) is 11.5. The van der Waals surface area contributed by atoms with Gasteiger partial charge in [-0.15, -0.1) is 11.8 Å². The van der Waals surface area contributed by atoms with E-state index in [0.717, 1.165) is 18.0 Å². The number of fused-ring (bicyclic) bond motifs is 1. The van der Waals surface area contributed by atoms with Crippen molar-refractivity contribution < 1.29 is 4.79 Å². The molecule has 3 heteroatoms. The summed E-state index contributed by atoms with van der Waals surface area (Å²) in [5, 5.41) is 0. The molecule has 1 aromatic carbocycles. The summed E-state index contributed by atoms with van der Waals surface area (Å²) in [7, 11) is 0. The average molecular weight is 235 g/mol. The number of amides is 1. The zero-order valence-corrected chi connectivity index (χ0v) is 10.8. The van der Waals surface area contributed by atoms with Crippen LogP contribution < -0.4 is 4.90 Å². The number of thioether (sulfide) groups is 1. The van der Waals surface area contributed by atoms with Crippen molar-refractivity contribution in [3.8, 4) is 0 Å². The SMILES string of the molecule is CC(C)(C)C(=O)N1CCSc2ccccc21. The number of hydrogen-bond donors (Lipinski definition) is 0. The van der Waals surface area contributed by atoms with Gasteiger partial charge >= 0.3 is 0 Å². The van der Waals surface area contributed by atoms with Crippen molar-refractivity contribution in [2.24, 2.45) is 5.41 Å². The molecular weight excluding hydrogens is 218 g/mol. The number of rotatable bonds is 0. The maximum atomic E-state index is 12.3. The first-order valence-electron chi connectivity index (χ1n) is 5.54. The van der Waals surface area contributed by atoms with E-state index in [0.29, 0.717) is 0 Å². The third kappa shape index (κ3) is 2.09. The molecule has 2 nitrogen and oxygen atoms in total. The van der Waals surface area contributed by atoms with Crippen molar-refractivity contribution in [2.75, 3.05) is 17.2 Å². The highest BCUT2D eigenvalue weighted by Crippen LogP contribution is 2.36. The van der Waals surface area contributed by atoms with Crippen LogP contribution in [0.15, 0.2) is 29.2 Å². The fraction of sp³-hybridized carbons (Fsp3) is 0.462. The zero-order valence-electron chi connectivity index (χ0n) is 9.99. The van der Waals surface area contributed by atoms with E-state index < -0.39 is 0 Å². The lowest BCUT2D eigenvalue weighted by Crippen LogP contribution is -2.42. The molecule has 86 valence electrons. The van der Waals surface area contributed by atoms with Gasteiger partial charge in [0, 0.05) is 22.6 Å². The van der Waals surface area contributed by atoms with Crippen molar-refractivity contribution in [1.29, 1.82) is 0 Å². The Labute approximate surface area is 101 Å². The highest BCUT2D eigenvalue weighted by molar-refractivity contribution is 7.99. The van der Waals surface area contributed by atoms with Gasteiger partial charge in [-0.1, -0.05) is 32.9 Å². The van der Waals surface area contributed by atoms with Crippen molar-refractivity contribution in [1.82, 2.24) is 0 Å². The van der Waals surface area contributed by atoms with Crippen LogP contribution in [0.5, 0.6) is 0 Å². The molecule has 1 aliphatic heterocycles. The quantitative estimate of drug-likeness (QED) is 0.688. The smallest absolute Gasteiger partial charge is 0.232 e. The molecule has 0 spiro atoms. The van der Waals surface area contributed by atoms with Crippen molar-refractivity contribution in [3.05, 3.63) is 24.3 Å². The van der Waals surface area contributed by atoms with Crippen LogP contribution in [0.2, 0.25) is 0 Å². The predicted molar refractivity (Wildman–Crippen MR) is 69.0 cm³/mol. The third-order valence-electron chi connectivity index (χ3n) is 2.62. The molecule has 0 saturated carbocycles. The fourth-order valence-corrected chi connectivity index (χ4v) is 2.78. The highest BCUT2D eigenvalue weighted by Gasteiger charge is 2.30. The maximum Gasteiger partial charge on any atom is 0.232 e. The Kier molecular flexibility index (Phi) is 2.98. The lowest BCUT2D eigenvalue weighted by molar-refractivity contribution is -0.125. The monoisotopic (exact) mass is 235 g/mol. The number of carbonyl (C=O) groups excluding carboxylic acids is 1. The Hall–Kier alpha value is -0.960. The topological polar surface area (TPSA) is 20.3 Å². The van der Waals surface area contributed by atoms with E-state index in [-0.39, 0.29) is 11.3 Å². The van der Waals surface area contributed by atoms with Crippen LogP contribution >= 0.6 is 11.8 Å². The predicted octanol–water partition coefficient (Wildman–Crippen LogP) is 3.17. The van der Waals surface area contributed by atoms with E-state index in [4.69, 9.17) is 0 Å². The van der Waals surface area contributed by atoms with Gasteiger partial charge < -0.3 is 4.90 Å². The molecular formula is C13H17NOS. The number of hydrogen-bond acceptors (Lipinski definition) is 2. The van der Waals surface area contributed by atoms with Gasteiger partial charge in [0.2, 0.25) is 5.91 Å². The van der Waals surface area contributed by atoms with Crippen molar-refractivity contribution >= 4 is 23.4 Å². The molecule has 0 aromatic heterocycles. The van der Waals surface area contributed by atoms with Crippen LogP contribution in [-0.2, 0) is 4.79 Å². The first-order valence-corrected chi connectivity index (χ1v) is 6.52. The molecule has 1 aromatic rings. The lowest BCUT2D eigenvalue weighted by Gasteiger charge is -2.33. The van der Waals surface area contributed by atoms with Crippen LogP contribution in [0.3, 0.4) is 0 Å². The van der Waals surface area contributed by atoms with E-state index in [1.807, 2.05) is 55.6 Å². The molecule has 1 aliphatic rings. The largest absolute Gasteiger partial charge is 0.310 e. The Morgan fingerprint density at radius 2 is 2.00 bits per heavy atom. The molecule has 1 heterocycles. The molecule has 16 heavy (non-hydrogen) atoms. The molecule has 1 amide bonds. The number of carbonyl (C=O) groups is 1. The van der Waals surface area contributed by atoms with Gasteiger partial charge in [-0.2, -0.15) is 0 Å². The molecule has 2 rings (SSSR count). The van der Waals surface area contributed by atoms with Gasteiger partial charge in [0.25, 0.3) is 0 Å². The van der Waals surface area contributed by atoms with Crippen molar-refractivity contribution in [3.63, 3.8) is 0 Å². The van der Waals surface area contributed by atoms with Gasteiger partial charge in [0.05, 0.1) is 5.69 Å². The van der Waals surface area contributed by atoms with Crippen LogP contribution in [0.1, 0.15) is 20.8 Å². The van der Waals surface area contributed by atoms with Gasteiger partial charge in [-0.3, -0.25) is 4.79 Å². The van der Waals surface area contributed by atoms with E-state index >= 15 is 0 Å². The Bertz CT molecular complexity index is 409. The van der Waals surface area contributed by atoms with E-state index in [2.05, 4.69) is 6.07 Å². The maximum absolute atomic E-state index is 12.3. The standard InChI is InChI=1S/C13H17NOS/c1-13(2,3)12(15)14-8-9-16-11-7-5-4-6-10(11)14/h4-7H,8-9H2,1-3H3. The van der Waals surface area contributed by atoms with Crippen LogP contribution in [0.4, 0.5) is 5.69 Å². The molecule has 0 radical (unpaired) electrons. The normalized spacial score (nSPS) is 15.8. The Balaban J connectivity index is 2.36. The number of para-hydroxylation sites is 1. The summed E-state index contributed by atoms with van der Waals surface area (Å²) in [6.07, 6.45) is 0. The molecule has 0 unspecified atom stereocenters. The first-order chi connectivity index (χ1) is 7.50. The summed E-state index contributed by atoms with van der Waals surface area (Å²) in [6.45, 7) is 6.73. The Morgan fingerprint density at radius 1 is 1.31 bits per heavy atom. The summed E-state index contributed by atoms with van der Waals surface area (Å²) in [4.78, 5) is 15.4. The summed E-state index contributed by atoms with van der Waals surface area (Å²) in [5.74, 6) is 1.19. The number of nitrogens with zero attached hydrogens (tertiary/aromatic N) is 1. The third-order valence-corrected chi connectivity index (χ3v) is 3.66. The minimum atomic E-state index is -0.310. The molecule has 0 aliphatic carbocycles. The van der Waals surface area contributed by atoms with Crippen molar-refractivity contribution in [2.45, 2.75) is 25.7 Å². The van der Waals surface area contributed by atoms with E-state index in [1.165, 1.54) is 4.90 Å². The Morgan fingerprint density at radius 3 is 2.69 bits per heavy atom. The highest BCUT2D eigenvalue weighted by atomic mass is 32.2. The number of benzene rings is 1. The summed E-state index contributed by atoms with van der Waals surface area (Å²) >= 11 is 1.83. The summed E-state index contributed by atoms with van der Waals surface area (Å²) < 4.78 is 0. The molecule has 0 saturated heterocycles. The van der Waals surface area contributed by atoms with E-state index in [1.54, 1.807) is 0 Å². The van der Waals surface area contributed by atoms with Crippen LogP contribution in [0, 0.1) is 5.41 Å². The molecule has 0 bridgehead atoms. The van der Waals surface area contributed by atoms with Gasteiger partial charge in [-0.05, 0) is 12.1 Å². The minimum Gasteiger partial charge on any atom is -0.310 e. The van der Waals surface area contributed by atoms with Crippen LogP contribution in [-0.4, -0.2) is 18.2 Å².